The van der Waals surface area contributed by atoms with Crippen LogP contribution in [0.15, 0.2) is 48.5 Å². The van der Waals surface area contributed by atoms with Gasteiger partial charge in [-0.3, -0.25) is 9.59 Å². The minimum atomic E-state index is -0.639. The first-order valence-corrected chi connectivity index (χ1v) is 11.1. The van der Waals surface area contributed by atoms with Crippen molar-refractivity contribution in [1.29, 1.82) is 0 Å². The first-order chi connectivity index (χ1) is 14.6. The van der Waals surface area contributed by atoms with Crippen molar-refractivity contribution >= 4 is 35.0 Å². The Kier molecular flexibility index (Phi) is 9.20. The van der Waals surface area contributed by atoms with E-state index in [1.165, 1.54) is 0 Å². The number of carbonyl (C=O) groups is 2. The highest BCUT2D eigenvalue weighted by Gasteiger charge is 2.28. The molecule has 1 atom stereocenters. The monoisotopic (exact) mass is 464 g/mol. The van der Waals surface area contributed by atoms with Crippen molar-refractivity contribution in [2.75, 3.05) is 6.61 Å². The summed E-state index contributed by atoms with van der Waals surface area (Å²) in [7, 11) is 0. The van der Waals surface area contributed by atoms with Crippen LogP contribution in [0.2, 0.25) is 10.0 Å². The smallest absolute Gasteiger partial charge is 0.242 e. The Balaban J connectivity index is 2.03. The molecule has 0 aromatic heterocycles. The van der Waals surface area contributed by atoms with Gasteiger partial charge in [-0.1, -0.05) is 41.4 Å². The lowest BCUT2D eigenvalue weighted by Crippen LogP contribution is -2.52. The highest BCUT2D eigenvalue weighted by Crippen LogP contribution is 2.20. The molecule has 0 bridgehead atoms. The number of nitrogens with one attached hydrogen (secondary N) is 1. The summed E-state index contributed by atoms with van der Waals surface area (Å²) in [5, 5.41) is 4.15. The Labute approximate surface area is 194 Å². The van der Waals surface area contributed by atoms with Gasteiger partial charge < -0.3 is 15.0 Å². The van der Waals surface area contributed by atoms with E-state index in [9.17, 15) is 9.59 Å². The summed E-state index contributed by atoms with van der Waals surface area (Å²) in [5.41, 5.74) is 0.405. The van der Waals surface area contributed by atoms with E-state index in [2.05, 4.69) is 5.32 Å². The Morgan fingerprint density at radius 2 is 1.71 bits per heavy atom. The maximum atomic E-state index is 13.1. The zero-order valence-electron chi connectivity index (χ0n) is 18.5. The summed E-state index contributed by atoms with van der Waals surface area (Å²) in [4.78, 5) is 27.4. The fourth-order valence-corrected chi connectivity index (χ4v) is 3.28. The van der Waals surface area contributed by atoms with E-state index in [4.69, 9.17) is 27.9 Å². The molecular weight excluding hydrogens is 435 g/mol. The molecule has 0 radical (unpaired) electrons. The number of halogens is 2. The van der Waals surface area contributed by atoms with Gasteiger partial charge in [-0.25, -0.2) is 0 Å². The average Bonchev–Trinajstić information content (AvgIpc) is 2.70. The van der Waals surface area contributed by atoms with Crippen LogP contribution in [-0.2, 0) is 16.1 Å². The van der Waals surface area contributed by atoms with E-state index in [0.717, 1.165) is 5.56 Å². The number of ether oxygens (including phenoxy) is 1. The van der Waals surface area contributed by atoms with Gasteiger partial charge >= 0.3 is 0 Å². The number of carbonyl (C=O) groups excluding carboxylic acids is 2. The molecular formula is C24H30Cl2N2O3. The van der Waals surface area contributed by atoms with Crippen molar-refractivity contribution in [2.45, 2.75) is 58.7 Å². The third kappa shape index (κ3) is 8.42. The van der Waals surface area contributed by atoms with Crippen molar-refractivity contribution in [2.24, 2.45) is 0 Å². The van der Waals surface area contributed by atoms with Crippen molar-refractivity contribution in [3.8, 4) is 5.75 Å². The number of amides is 2. The largest absolute Gasteiger partial charge is 0.494 e. The lowest BCUT2D eigenvalue weighted by molar-refractivity contribution is -0.141. The molecule has 0 saturated carbocycles. The van der Waals surface area contributed by atoms with Crippen LogP contribution in [0.4, 0.5) is 0 Å². The number of hydrogen-bond acceptors (Lipinski definition) is 3. The van der Waals surface area contributed by atoms with Crippen LogP contribution in [0.25, 0.3) is 0 Å². The van der Waals surface area contributed by atoms with Gasteiger partial charge in [0.25, 0.3) is 0 Å². The maximum Gasteiger partial charge on any atom is 0.242 e. The van der Waals surface area contributed by atoms with E-state index in [-0.39, 0.29) is 24.8 Å². The van der Waals surface area contributed by atoms with Crippen molar-refractivity contribution in [3.05, 3.63) is 64.1 Å². The molecule has 2 rings (SSSR count). The molecule has 0 aliphatic heterocycles. The minimum Gasteiger partial charge on any atom is -0.494 e. The maximum absolute atomic E-state index is 13.1. The van der Waals surface area contributed by atoms with Crippen LogP contribution < -0.4 is 10.1 Å². The predicted molar refractivity (Wildman–Crippen MR) is 126 cm³/mol. The lowest BCUT2D eigenvalue weighted by atomic mass is 10.1. The molecule has 168 valence electrons. The first kappa shape index (κ1) is 25.0. The van der Waals surface area contributed by atoms with Crippen LogP contribution in [0.1, 0.15) is 46.1 Å². The highest BCUT2D eigenvalue weighted by atomic mass is 35.5. The Hall–Kier alpha value is -2.24. The molecule has 1 unspecified atom stereocenters. The Morgan fingerprint density at radius 3 is 2.32 bits per heavy atom. The molecule has 0 spiro atoms. The normalized spacial score (nSPS) is 12.2. The molecule has 0 aliphatic carbocycles. The molecule has 5 nitrogen and oxygen atoms in total. The molecule has 1 N–H and O–H groups in total. The summed E-state index contributed by atoms with van der Waals surface area (Å²) in [5.74, 6) is 0.365. The van der Waals surface area contributed by atoms with Crippen molar-refractivity contribution in [1.82, 2.24) is 10.2 Å². The van der Waals surface area contributed by atoms with E-state index in [1.54, 1.807) is 42.2 Å². The SMILES string of the molecule is CC(C(=O)NC(C)(C)C)N(Cc1ccccc1Cl)C(=O)CCCOc1ccc(Cl)cc1. The topological polar surface area (TPSA) is 58.6 Å². The number of hydrogen-bond donors (Lipinski definition) is 1. The molecule has 7 heteroatoms. The van der Waals surface area contributed by atoms with E-state index in [0.29, 0.717) is 28.8 Å². The van der Waals surface area contributed by atoms with Crippen molar-refractivity contribution < 1.29 is 14.3 Å². The molecule has 2 aromatic carbocycles. The van der Waals surface area contributed by atoms with Crippen LogP contribution in [0.3, 0.4) is 0 Å². The van der Waals surface area contributed by atoms with Gasteiger partial charge in [-0.15, -0.1) is 0 Å². The number of nitrogens with zero attached hydrogens (tertiary/aromatic N) is 1. The van der Waals surface area contributed by atoms with Gasteiger partial charge in [-0.2, -0.15) is 0 Å². The highest BCUT2D eigenvalue weighted by molar-refractivity contribution is 6.31. The summed E-state index contributed by atoms with van der Waals surface area (Å²) in [6.07, 6.45) is 0.777. The lowest BCUT2D eigenvalue weighted by Gasteiger charge is -2.31. The first-order valence-electron chi connectivity index (χ1n) is 10.3. The number of benzene rings is 2. The van der Waals surface area contributed by atoms with Gasteiger partial charge in [0.1, 0.15) is 11.8 Å². The Bertz CT molecular complexity index is 879. The van der Waals surface area contributed by atoms with Crippen LogP contribution in [0.5, 0.6) is 5.75 Å². The van der Waals surface area contributed by atoms with Crippen LogP contribution >= 0.6 is 23.2 Å². The summed E-state index contributed by atoms with van der Waals surface area (Å²) < 4.78 is 5.67. The van der Waals surface area contributed by atoms with Gasteiger partial charge in [0.2, 0.25) is 11.8 Å². The van der Waals surface area contributed by atoms with Crippen LogP contribution in [0, 0.1) is 0 Å². The second-order valence-electron chi connectivity index (χ2n) is 8.43. The minimum absolute atomic E-state index is 0.129. The zero-order valence-corrected chi connectivity index (χ0v) is 20.0. The summed E-state index contributed by atoms with van der Waals surface area (Å²) in [6.45, 7) is 8.11. The molecule has 2 aromatic rings. The number of rotatable bonds is 9. The molecule has 31 heavy (non-hydrogen) atoms. The molecule has 0 fully saturated rings. The van der Waals surface area contributed by atoms with Crippen LogP contribution in [-0.4, -0.2) is 34.9 Å². The molecule has 0 aliphatic rings. The predicted octanol–water partition coefficient (Wildman–Crippen LogP) is 5.48. The average molecular weight is 465 g/mol. The van der Waals surface area contributed by atoms with E-state index < -0.39 is 11.6 Å². The second kappa shape index (κ2) is 11.4. The second-order valence-corrected chi connectivity index (χ2v) is 9.28. The van der Waals surface area contributed by atoms with Gasteiger partial charge in [0.15, 0.2) is 0 Å². The molecule has 2 amide bonds. The van der Waals surface area contributed by atoms with Crippen molar-refractivity contribution in [3.63, 3.8) is 0 Å². The molecule has 0 heterocycles. The standard InChI is InChI=1S/C24H30Cl2N2O3/c1-17(23(30)27-24(2,3)4)28(16-18-8-5-6-9-21(18)26)22(29)10-7-15-31-20-13-11-19(25)12-14-20/h5-6,8-9,11-14,17H,7,10,15-16H2,1-4H3,(H,27,30). The van der Waals surface area contributed by atoms with E-state index in [1.807, 2.05) is 39.0 Å². The summed E-state index contributed by atoms with van der Waals surface area (Å²) >= 11 is 12.2. The third-order valence-electron chi connectivity index (χ3n) is 4.58. The fourth-order valence-electron chi connectivity index (χ4n) is 2.95. The van der Waals surface area contributed by atoms with Gasteiger partial charge in [-0.05, 0) is 70.0 Å². The third-order valence-corrected chi connectivity index (χ3v) is 5.20. The molecule has 0 saturated heterocycles. The zero-order chi connectivity index (χ0) is 23.0. The van der Waals surface area contributed by atoms with E-state index >= 15 is 0 Å². The quantitative estimate of drug-likeness (QED) is 0.499. The van der Waals surface area contributed by atoms with Gasteiger partial charge in [0, 0.05) is 28.5 Å². The van der Waals surface area contributed by atoms with Gasteiger partial charge in [0.05, 0.1) is 6.61 Å². The summed E-state index contributed by atoms with van der Waals surface area (Å²) in [6, 6.07) is 13.8. The fraction of sp³-hybridized carbons (Fsp3) is 0.417. The Morgan fingerprint density at radius 1 is 1.06 bits per heavy atom.